The number of fused-ring (bicyclic) bond motifs is 2. The number of piperidine rings is 1. The summed E-state index contributed by atoms with van der Waals surface area (Å²) in [7, 11) is 0. The van der Waals surface area contributed by atoms with Gasteiger partial charge in [-0.05, 0) is 62.8 Å². The van der Waals surface area contributed by atoms with Gasteiger partial charge in [-0.25, -0.2) is 9.50 Å². The molecule has 0 atom stereocenters. The molecule has 1 saturated carbocycles. The summed E-state index contributed by atoms with van der Waals surface area (Å²) in [6.07, 6.45) is 5.75. The van der Waals surface area contributed by atoms with E-state index >= 15 is 0 Å². The minimum Gasteiger partial charge on any atom is -0.333 e. The maximum atomic E-state index is 13.1. The predicted octanol–water partition coefficient (Wildman–Crippen LogP) is 5.63. The van der Waals surface area contributed by atoms with Gasteiger partial charge in [0.1, 0.15) is 16.5 Å². The second kappa shape index (κ2) is 8.10. The molecule has 2 aliphatic rings. The molecule has 0 aromatic carbocycles. The van der Waals surface area contributed by atoms with E-state index in [0.29, 0.717) is 40.5 Å². The standard InChI is InChI=1S/C25H24Cl2N6O/c1-14-22(20-10-16-6-7-21(27)29-24(16)32(20)11-15-4-5-15)30-33-12-17(9-19(26)23(14)33)25(34)31-8-2-3-18(28)13-31/h6-7,9-10,12,15,28H,2-5,8,11,13H2,1H3. The van der Waals surface area contributed by atoms with Crippen LogP contribution in [0.15, 0.2) is 30.5 Å². The van der Waals surface area contributed by atoms with Crippen LogP contribution in [0.2, 0.25) is 10.2 Å². The van der Waals surface area contributed by atoms with Gasteiger partial charge < -0.3 is 14.9 Å². The van der Waals surface area contributed by atoms with Crippen LogP contribution in [0.5, 0.6) is 0 Å². The fourth-order valence-electron chi connectivity index (χ4n) is 4.90. The predicted molar refractivity (Wildman–Crippen MR) is 134 cm³/mol. The highest BCUT2D eigenvalue weighted by molar-refractivity contribution is 6.34. The number of amides is 1. The lowest BCUT2D eigenvalue weighted by atomic mass is 10.1. The number of halogens is 2. The van der Waals surface area contributed by atoms with Crippen LogP contribution in [0, 0.1) is 18.3 Å². The van der Waals surface area contributed by atoms with Gasteiger partial charge in [-0.1, -0.05) is 23.2 Å². The van der Waals surface area contributed by atoms with Crippen LogP contribution < -0.4 is 0 Å². The van der Waals surface area contributed by atoms with Crippen LogP contribution in [-0.2, 0) is 6.54 Å². The normalized spacial score (nSPS) is 16.7. The van der Waals surface area contributed by atoms with Crippen molar-refractivity contribution in [1.82, 2.24) is 24.1 Å². The molecule has 1 aliphatic heterocycles. The molecule has 1 amide bonds. The second-order valence-corrected chi connectivity index (χ2v) is 10.2. The summed E-state index contributed by atoms with van der Waals surface area (Å²) in [4.78, 5) is 19.5. The Morgan fingerprint density at radius 3 is 2.82 bits per heavy atom. The van der Waals surface area contributed by atoms with E-state index in [9.17, 15) is 4.79 Å². The molecule has 4 aromatic rings. The quantitative estimate of drug-likeness (QED) is 0.373. The Hall–Kier alpha value is -2.90. The molecule has 1 aliphatic carbocycles. The van der Waals surface area contributed by atoms with Crippen LogP contribution in [0.3, 0.4) is 0 Å². The topological polar surface area (TPSA) is 79.3 Å². The van der Waals surface area contributed by atoms with Gasteiger partial charge >= 0.3 is 0 Å². The van der Waals surface area contributed by atoms with Crippen LogP contribution in [-0.4, -0.2) is 48.8 Å². The average Bonchev–Trinajstić information content (AvgIpc) is 3.48. The number of nitrogens with zero attached hydrogens (tertiary/aromatic N) is 5. The van der Waals surface area contributed by atoms with E-state index in [-0.39, 0.29) is 5.91 Å². The SMILES string of the molecule is Cc1c(-c2cc3ccc(Cl)nc3n2CC2CC2)nn2cc(C(=O)N3CCCC(=N)C3)cc(Cl)c12. The molecule has 9 heteroatoms. The first-order valence-corrected chi connectivity index (χ1v) is 12.3. The molecule has 0 unspecified atom stereocenters. The summed E-state index contributed by atoms with van der Waals surface area (Å²) in [5, 5.41) is 14.8. The molecule has 34 heavy (non-hydrogen) atoms. The van der Waals surface area contributed by atoms with Crippen molar-refractivity contribution in [2.45, 2.75) is 39.2 Å². The molecule has 0 radical (unpaired) electrons. The van der Waals surface area contributed by atoms with E-state index in [2.05, 4.69) is 15.6 Å². The number of likely N-dealkylation sites (tertiary alicyclic amines) is 1. The second-order valence-electron chi connectivity index (χ2n) is 9.41. The van der Waals surface area contributed by atoms with Crippen molar-refractivity contribution in [2.75, 3.05) is 13.1 Å². The Morgan fingerprint density at radius 2 is 2.06 bits per heavy atom. The highest BCUT2D eigenvalue weighted by Crippen LogP contribution is 2.38. The van der Waals surface area contributed by atoms with Crippen LogP contribution >= 0.6 is 23.2 Å². The molecular formula is C25H24Cl2N6O. The fraction of sp³-hybridized carbons (Fsp3) is 0.360. The van der Waals surface area contributed by atoms with Crippen molar-refractivity contribution in [3.8, 4) is 11.4 Å². The zero-order chi connectivity index (χ0) is 23.6. The molecule has 174 valence electrons. The maximum Gasteiger partial charge on any atom is 0.255 e. The number of carbonyl (C=O) groups excluding carboxylic acids is 1. The molecule has 1 saturated heterocycles. The monoisotopic (exact) mass is 494 g/mol. The van der Waals surface area contributed by atoms with E-state index in [4.69, 9.17) is 33.7 Å². The van der Waals surface area contributed by atoms with Crippen molar-refractivity contribution in [3.05, 3.63) is 51.8 Å². The van der Waals surface area contributed by atoms with Crippen molar-refractivity contribution in [1.29, 1.82) is 5.41 Å². The average molecular weight is 495 g/mol. The van der Waals surface area contributed by atoms with Crippen LogP contribution in [0.25, 0.3) is 27.9 Å². The van der Waals surface area contributed by atoms with E-state index < -0.39 is 0 Å². The minimum absolute atomic E-state index is 0.121. The summed E-state index contributed by atoms with van der Waals surface area (Å²) in [6.45, 7) is 3.90. The Labute approximate surface area is 206 Å². The molecule has 0 bridgehead atoms. The molecule has 0 spiro atoms. The number of hydrogen-bond donors (Lipinski definition) is 1. The first kappa shape index (κ1) is 21.6. The summed E-state index contributed by atoms with van der Waals surface area (Å²) >= 11 is 12.9. The lowest BCUT2D eigenvalue weighted by Crippen LogP contribution is -2.40. The van der Waals surface area contributed by atoms with E-state index in [1.165, 1.54) is 12.8 Å². The summed E-state index contributed by atoms with van der Waals surface area (Å²) in [5.41, 5.74) is 5.46. The van der Waals surface area contributed by atoms with E-state index in [1.54, 1.807) is 27.7 Å². The van der Waals surface area contributed by atoms with Gasteiger partial charge in [0.05, 0.1) is 28.3 Å². The number of aryl methyl sites for hydroxylation is 1. The van der Waals surface area contributed by atoms with Crippen molar-refractivity contribution >= 4 is 51.4 Å². The van der Waals surface area contributed by atoms with Gasteiger partial charge in [0.15, 0.2) is 0 Å². The molecule has 7 nitrogen and oxygen atoms in total. The minimum atomic E-state index is -0.121. The molecule has 4 aromatic heterocycles. The number of aromatic nitrogens is 4. The number of pyridine rings is 2. The van der Waals surface area contributed by atoms with Gasteiger partial charge in [0, 0.05) is 35.9 Å². The third-order valence-corrected chi connectivity index (χ3v) is 7.33. The zero-order valence-corrected chi connectivity index (χ0v) is 20.3. The highest BCUT2D eigenvalue weighted by atomic mass is 35.5. The van der Waals surface area contributed by atoms with Gasteiger partial charge in [0.25, 0.3) is 5.91 Å². The third-order valence-electron chi connectivity index (χ3n) is 6.83. The number of rotatable bonds is 4. The largest absolute Gasteiger partial charge is 0.333 e. The molecular weight excluding hydrogens is 471 g/mol. The van der Waals surface area contributed by atoms with Gasteiger partial charge in [-0.2, -0.15) is 5.10 Å². The molecule has 1 N–H and O–H groups in total. The first-order valence-electron chi connectivity index (χ1n) is 11.6. The van der Waals surface area contributed by atoms with Crippen molar-refractivity contribution < 1.29 is 4.79 Å². The van der Waals surface area contributed by atoms with Crippen LogP contribution in [0.4, 0.5) is 0 Å². The lowest BCUT2D eigenvalue weighted by molar-refractivity contribution is 0.0768. The third kappa shape index (κ3) is 3.67. The van der Waals surface area contributed by atoms with Crippen molar-refractivity contribution in [2.24, 2.45) is 5.92 Å². The zero-order valence-electron chi connectivity index (χ0n) is 18.8. The summed E-state index contributed by atoms with van der Waals surface area (Å²) < 4.78 is 3.93. The fourth-order valence-corrected chi connectivity index (χ4v) is 5.39. The lowest BCUT2D eigenvalue weighted by Gasteiger charge is -2.27. The Kier molecular flexibility index (Phi) is 5.15. The first-order chi connectivity index (χ1) is 16.4. The number of hydrogen-bond acceptors (Lipinski definition) is 4. The van der Waals surface area contributed by atoms with Gasteiger partial charge in [-0.15, -0.1) is 0 Å². The molecule has 6 rings (SSSR count). The smallest absolute Gasteiger partial charge is 0.255 e. The molecule has 5 heterocycles. The maximum absolute atomic E-state index is 13.1. The Bertz CT molecular complexity index is 1480. The van der Waals surface area contributed by atoms with E-state index in [0.717, 1.165) is 52.9 Å². The van der Waals surface area contributed by atoms with Crippen LogP contribution in [0.1, 0.15) is 41.6 Å². The van der Waals surface area contributed by atoms with Crippen molar-refractivity contribution in [3.63, 3.8) is 0 Å². The Balaban J connectivity index is 1.47. The van der Waals surface area contributed by atoms with Gasteiger partial charge in [0.2, 0.25) is 0 Å². The Morgan fingerprint density at radius 1 is 1.24 bits per heavy atom. The summed E-state index contributed by atoms with van der Waals surface area (Å²) in [5.74, 6) is 0.521. The number of carbonyl (C=O) groups is 1. The highest BCUT2D eigenvalue weighted by Gasteiger charge is 2.27. The molecule has 2 fully saturated rings. The van der Waals surface area contributed by atoms with Gasteiger partial charge in [-0.3, -0.25) is 4.79 Å². The van der Waals surface area contributed by atoms with E-state index in [1.807, 2.05) is 13.0 Å². The summed E-state index contributed by atoms with van der Waals surface area (Å²) in [6, 6.07) is 7.62. The number of nitrogens with one attached hydrogen (secondary N) is 1.